The van der Waals surface area contributed by atoms with Gasteiger partial charge in [-0.1, -0.05) is 25.4 Å². The SMILES string of the molecule is Cc1cc(N2CCN(C(=O)c3ccc(Cl)cc3)CC2)nc(C(C)C)n1. The number of carbonyl (C=O) groups excluding carboxylic acids is 1. The molecule has 5 nitrogen and oxygen atoms in total. The van der Waals surface area contributed by atoms with Crippen molar-refractivity contribution in [3.05, 3.63) is 52.4 Å². The summed E-state index contributed by atoms with van der Waals surface area (Å²) in [5.74, 6) is 2.17. The number of nitrogens with zero attached hydrogens (tertiary/aromatic N) is 4. The molecule has 0 N–H and O–H groups in total. The first-order valence-electron chi connectivity index (χ1n) is 8.59. The summed E-state index contributed by atoms with van der Waals surface area (Å²) in [7, 11) is 0. The van der Waals surface area contributed by atoms with Crippen LogP contribution in [-0.4, -0.2) is 47.0 Å². The first-order valence-corrected chi connectivity index (χ1v) is 8.97. The number of aromatic nitrogens is 2. The van der Waals surface area contributed by atoms with E-state index < -0.39 is 0 Å². The van der Waals surface area contributed by atoms with Gasteiger partial charge in [0, 0.05) is 54.4 Å². The maximum atomic E-state index is 12.6. The molecule has 1 amide bonds. The van der Waals surface area contributed by atoms with E-state index in [1.165, 1.54) is 0 Å². The molecule has 0 radical (unpaired) electrons. The number of carbonyl (C=O) groups is 1. The van der Waals surface area contributed by atoms with Crippen molar-refractivity contribution >= 4 is 23.3 Å². The zero-order valence-electron chi connectivity index (χ0n) is 14.9. The zero-order chi connectivity index (χ0) is 18.0. The first kappa shape index (κ1) is 17.7. The largest absolute Gasteiger partial charge is 0.353 e. The standard InChI is InChI=1S/C19H23ClN4O/c1-13(2)18-21-14(3)12-17(22-18)23-8-10-24(11-9-23)19(25)15-4-6-16(20)7-5-15/h4-7,12-13H,8-11H2,1-3H3. The fraction of sp³-hybridized carbons (Fsp3) is 0.421. The third kappa shape index (κ3) is 4.10. The number of amides is 1. The maximum absolute atomic E-state index is 12.6. The van der Waals surface area contributed by atoms with Crippen LogP contribution in [0.3, 0.4) is 0 Å². The van der Waals surface area contributed by atoms with E-state index in [0.29, 0.717) is 29.6 Å². The van der Waals surface area contributed by atoms with Gasteiger partial charge in [0.2, 0.25) is 0 Å². The van der Waals surface area contributed by atoms with Crippen molar-refractivity contribution in [2.24, 2.45) is 0 Å². The van der Waals surface area contributed by atoms with Gasteiger partial charge in [0.15, 0.2) is 0 Å². The van der Waals surface area contributed by atoms with E-state index in [4.69, 9.17) is 16.6 Å². The summed E-state index contributed by atoms with van der Waals surface area (Å²) in [6.07, 6.45) is 0. The van der Waals surface area contributed by atoms with Gasteiger partial charge < -0.3 is 9.80 Å². The maximum Gasteiger partial charge on any atom is 0.253 e. The van der Waals surface area contributed by atoms with Gasteiger partial charge in [-0.25, -0.2) is 9.97 Å². The highest BCUT2D eigenvalue weighted by atomic mass is 35.5. The van der Waals surface area contributed by atoms with Gasteiger partial charge in [-0.2, -0.15) is 0 Å². The smallest absolute Gasteiger partial charge is 0.253 e. The van der Waals surface area contributed by atoms with Crippen molar-refractivity contribution in [3.63, 3.8) is 0 Å². The van der Waals surface area contributed by atoms with Crippen molar-refractivity contribution in [3.8, 4) is 0 Å². The molecule has 0 saturated carbocycles. The number of anilines is 1. The van der Waals surface area contributed by atoms with E-state index in [0.717, 1.165) is 30.4 Å². The molecule has 132 valence electrons. The van der Waals surface area contributed by atoms with Gasteiger partial charge in [0.25, 0.3) is 5.91 Å². The predicted octanol–water partition coefficient (Wildman–Crippen LogP) is 3.52. The Hall–Kier alpha value is -2.14. The van der Waals surface area contributed by atoms with E-state index in [2.05, 4.69) is 23.7 Å². The minimum Gasteiger partial charge on any atom is -0.353 e. The van der Waals surface area contributed by atoms with Crippen molar-refractivity contribution in [1.29, 1.82) is 0 Å². The quantitative estimate of drug-likeness (QED) is 0.842. The van der Waals surface area contributed by atoms with Crippen LogP contribution in [0, 0.1) is 6.92 Å². The number of benzene rings is 1. The summed E-state index contributed by atoms with van der Waals surface area (Å²) in [5, 5.41) is 0.640. The fourth-order valence-corrected chi connectivity index (χ4v) is 3.03. The van der Waals surface area contributed by atoms with Gasteiger partial charge >= 0.3 is 0 Å². The summed E-state index contributed by atoms with van der Waals surface area (Å²) >= 11 is 5.89. The molecule has 1 saturated heterocycles. The molecule has 1 fully saturated rings. The summed E-state index contributed by atoms with van der Waals surface area (Å²) < 4.78 is 0. The second-order valence-electron chi connectivity index (χ2n) is 6.67. The van der Waals surface area contributed by atoms with Crippen LogP contribution in [0.5, 0.6) is 0 Å². The second-order valence-corrected chi connectivity index (χ2v) is 7.10. The molecule has 0 spiro atoms. The lowest BCUT2D eigenvalue weighted by Gasteiger charge is -2.35. The molecule has 25 heavy (non-hydrogen) atoms. The molecule has 2 heterocycles. The van der Waals surface area contributed by atoms with Crippen LogP contribution in [0.1, 0.15) is 41.6 Å². The van der Waals surface area contributed by atoms with Gasteiger partial charge in [-0.15, -0.1) is 0 Å². The van der Waals surface area contributed by atoms with Crippen molar-refractivity contribution in [1.82, 2.24) is 14.9 Å². The number of rotatable bonds is 3. The Morgan fingerprint density at radius 3 is 2.32 bits per heavy atom. The monoisotopic (exact) mass is 358 g/mol. The molecule has 1 aromatic carbocycles. The highest BCUT2D eigenvalue weighted by molar-refractivity contribution is 6.30. The lowest BCUT2D eigenvalue weighted by Crippen LogP contribution is -2.49. The van der Waals surface area contributed by atoms with Crippen LogP contribution in [0.15, 0.2) is 30.3 Å². The normalized spacial score (nSPS) is 14.9. The number of halogens is 1. The van der Waals surface area contributed by atoms with E-state index in [1.807, 2.05) is 17.9 Å². The van der Waals surface area contributed by atoms with E-state index >= 15 is 0 Å². The molecule has 0 atom stereocenters. The molecule has 0 bridgehead atoms. The Morgan fingerprint density at radius 1 is 1.08 bits per heavy atom. The van der Waals surface area contributed by atoms with Gasteiger partial charge in [0.05, 0.1) is 0 Å². The van der Waals surface area contributed by atoms with E-state index in [-0.39, 0.29) is 5.91 Å². The Kier molecular flexibility index (Phi) is 5.23. The highest BCUT2D eigenvalue weighted by Crippen LogP contribution is 2.19. The van der Waals surface area contributed by atoms with E-state index in [1.54, 1.807) is 24.3 Å². The summed E-state index contributed by atoms with van der Waals surface area (Å²) in [5.41, 5.74) is 1.66. The average molecular weight is 359 g/mol. The van der Waals surface area contributed by atoms with Crippen LogP contribution >= 0.6 is 11.6 Å². The summed E-state index contributed by atoms with van der Waals surface area (Å²) in [6.45, 7) is 9.10. The van der Waals surface area contributed by atoms with Crippen LogP contribution in [0.2, 0.25) is 5.02 Å². The molecule has 0 aliphatic carbocycles. The molecule has 6 heteroatoms. The minimum absolute atomic E-state index is 0.0538. The Bertz CT molecular complexity index is 753. The lowest BCUT2D eigenvalue weighted by atomic mass is 10.1. The predicted molar refractivity (Wildman–Crippen MR) is 100 cm³/mol. The topological polar surface area (TPSA) is 49.3 Å². The third-order valence-electron chi connectivity index (χ3n) is 4.36. The first-order chi connectivity index (χ1) is 11.9. The molecular formula is C19H23ClN4O. The molecule has 1 aromatic heterocycles. The van der Waals surface area contributed by atoms with Gasteiger partial charge in [-0.3, -0.25) is 4.79 Å². The van der Waals surface area contributed by atoms with Crippen LogP contribution in [0.4, 0.5) is 5.82 Å². The molecule has 0 unspecified atom stereocenters. The Labute approximate surface area is 153 Å². The van der Waals surface area contributed by atoms with Crippen LogP contribution in [0.25, 0.3) is 0 Å². The van der Waals surface area contributed by atoms with Gasteiger partial charge in [-0.05, 0) is 31.2 Å². The number of aryl methyl sites for hydroxylation is 1. The molecular weight excluding hydrogens is 336 g/mol. The Morgan fingerprint density at radius 2 is 1.72 bits per heavy atom. The third-order valence-corrected chi connectivity index (χ3v) is 4.61. The van der Waals surface area contributed by atoms with Gasteiger partial charge in [0.1, 0.15) is 11.6 Å². The number of piperazine rings is 1. The fourth-order valence-electron chi connectivity index (χ4n) is 2.91. The second kappa shape index (κ2) is 7.40. The summed E-state index contributed by atoms with van der Waals surface area (Å²) in [4.78, 5) is 25.9. The highest BCUT2D eigenvalue weighted by Gasteiger charge is 2.23. The van der Waals surface area contributed by atoms with Crippen LogP contribution < -0.4 is 4.90 Å². The number of hydrogen-bond donors (Lipinski definition) is 0. The van der Waals surface area contributed by atoms with Crippen molar-refractivity contribution in [2.75, 3.05) is 31.1 Å². The van der Waals surface area contributed by atoms with Crippen molar-refractivity contribution < 1.29 is 4.79 Å². The molecule has 2 aromatic rings. The van der Waals surface area contributed by atoms with E-state index in [9.17, 15) is 4.79 Å². The molecule has 3 rings (SSSR count). The molecule has 1 aliphatic rings. The minimum atomic E-state index is 0.0538. The van der Waals surface area contributed by atoms with Crippen LogP contribution in [-0.2, 0) is 0 Å². The zero-order valence-corrected chi connectivity index (χ0v) is 15.6. The Balaban J connectivity index is 1.67. The van der Waals surface area contributed by atoms with Crippen molar-refractivity contribution in [2.45, 2.75) is 26.7 Å². The number of hydrogen-bond acceptors (Lipinski definition) is 4. The average Bonchev–Trinajstić information content (AvgIpc) is 2.61. The summed E-state index contributed by atoms with van der Waals surface area (Å²) in [6, 6.07) is 9.08. The lowest BCUT2D eigenvalue weighted by molar-refractivity contribution is 0.0746. The molecule has 1 aliphatic heterocycles.